The third-order valence-corrected chi connectivity index (χ3v) is 6.17. The second-order valence-electron chi connectivity index (χ2n) is 5.62. The first-order valence-electron chi connectivity index (χ1n) is 6.33. The summed E-state index contributed by atoms with van der Waals surface area (Å²) in [5.74, 6) is 0. The summed E-state index contributed by atoms with van der Waals surface area (Å²) in [5.41, 5.74) is 3.33. The molecule has 1 unspecified atom stereocenters. The number of benzene rings is 1. The molecule has 0 fully saturated rings. The fourth-order valence-electron chi connectivity index (χ4n) is 2.50. The van der Waals surface area contributed by atoms with Crippen molar-refractivity contribution in [2.75, 3.05) is 13.3 Å². The average Bonchev–Trinajstić information content (AvgIpc) is 2.75. The smallest absolute Gasteiger partial charge is 0.154 e. The van der Waals surface area contributed by atoms with Crippen LogP contribution in [0.3, 0.4) is 0 Å². The van der Waals surface area contributed by atoms with E-state index in [0.29, 0.717) is 13.2 Å². The Balaban J connectivity index is 2.43. The maximum atomic E-state index is 12.0. The highest BCUT2D eigenvalue weighted by Gasteiger charge is 2.39. The van der Waals surface area contributed by atoms with E-state index in [0.717, 1.165) is 11.1 Å². The second-order valence-corrected chi connectivity index (χ2v) is 8.21. The summed E-state index contributed by atoms with van der Waals surface area (Å²) >= 11 is 0. The minimum atomic E-state index is -3.17. The molecular formula is C14H21NO3S. The number of rotatable bonds is 4. The molecule has 0 spiro atoms. The van der Waals surface area contributed by atoms with Gasteiger partial charge >= 0.3 is 0 Å². The molecule has 1 heterocycles. The van der Waals surface area contributed by atoms with Crippen molar-refractivity contribution < 1.29 is 13.2 Å². The molecule has 1 aliphatic rings. The lowest BCUT2D eigenvalue weighted by molar-refractivity contribution is 0.134. The van der Waals surface area contributed by atoms with Crippen molar-refractivity contribution in [3.05, 3.63) is 34.9 Å². The van der Waals surface area contributed by atoms with Gasteiger partial charge in [-0.2, -0.15) is 0 Å². The van der Waals surface area contributed by atoms with E-state index in [4.69, 9.17) is 4.74 Å². The first-order chi connectivity index (χ1) is 8.77. The van der Waals surface area contributed by atoms with Crippen LogP contribution in [0.4, 0.5) is 0 Å². The maximum Gasteiger partial charge on any atom is 0.154 e. The quantitative estimate of drug-likeness (QED) is 0.915. The number of ether oxygens (including phenoxy) is 1. The molecule has 106 valence electrons. The molecular weight excluding hydrogens is 262 g/mol. The van der Waals surface area contributed by atoms with Crippen LogP contribution in [-0.2, 0) is 27.8 Å². The molecule has 0 radical (unpaired) electrons. The van der Waals surface area contributed by atoms with Crippen LogP contribution in [0.25, 0.3) is 0 Å². The van der Waals surface area contributed by atoms with E-state index < -0.39 is 14.6 Å². The van der Waals surface area contributed by atoms with Gasteiger partial charge in [0.15, 0.2) is 9.84 Å². The standard InChI is InChI=1S/C14H21NO3S/c1-14(2,19(4,16)17)13(15-3)10-5-6-11-8-18-9-12(11)7-10/h5-7,13,15H,8-9H2,1-4H3. The SMILES string of the molecule is CNC(c1ccc2c(c1)COC2)C(C)(C)S(C)(=O)=O. The zero-order chi connectivity index (χ0) is 14.3. The molecule has 0 saturated carbocycles. The van der Waals surface area contributed by atoms with Crippen LogP contribution < -0.4 is 5.32 Å². The van der Waals surface area contributed by atoms with Gasteiger partial charge in [0.1, 0.15) is 0 Å². The molecule has 1 aromatic carbocycles. The number of hydrogen-bond donors (Lipinski definition) is 1. The van der Waals surface area contributed by atoms with Gasteiger partial charge in [-0.15, -0.1) is 0 Å². The van der Waals surface area contributed by atoms with Gasteiger partial charge in [-0.05, 0) is 37.6 Å². The molecule has 1 N–H and O–H groups in total. The minimum Gasteiger partial charge on any atom is -0.372 e. The molecule has 4 nitrogen and oxygen atoms in total. The number of sulfone groups is 1. The van der Waals surface area contributed by atoms with Gasteiger partial charge in [0, 0.05) is 6.26 Å². The predicted molar refractivity (Wildman–Crippen MR) is 75.7 cm³/mol. The van der Waals surface area contributed by atoms with Crippen LogP contribution in [0, 0.1) is 0 Å². The van der Waals surface area contributed by atoms with Gasteiger partial charge in [-0.25, -0.2) is 8.42 Å². The van der Waals surface area contributed by atoms with E-state index in [9.17, 15) is 8.42 Å². The number of hydrogen-bond acceptors (Lipinski definition) is 4. The Bertz CT molecular complexity index is 578. The zero-order valence-electron chi connectivity index (χ0n) is 11.9. The lowest BCUT2D eigenvalue weighted by atomic mass is 9.93. The minimum absolute atomic E-state index is 0.242. The number of nitrogens with one attached hydrogen (secondary N) is 1. The number of fused-ring (bicyclic) bond motifs is 1. The molecule has 1 aliphatic heterocycles. The Kier molecular flexibility index (Phi) is 3.73. The predicted octanol–water partition coefficient (Wildman–Crippen LogP) is 1.80. The highest BCUT2D eigenvalue weighted by Crippen LogP contribution is 2.33. The van der Waals surface area contributed by atoms with Crippen molar-refractivity contribution >= 4 is 9.84 Å². The third kappa shape index (κ3) is 2.55. The van der Waals surface area contributed by atoms with E-state index in [1.807, 2.05) is 12.1 Å². The first kappa shape index (κ1) is 14.5. The Labute approximate surface area is 115 Å². The van der Waals surface area contributed by atoms with Crippen LogP contribution in [0.15, 0.2) is 18.2 Å². The fraction of sp³-hybridized carbons (Fsp3) is 0.571. The topological polar surface area (TPSA) is 55.4 Å². The van der Waals surface area contributed by atoms with Crippen LogP contribution in [0.2, 0.25) is 0 Å². The summed E-state index contributed by atoms with van der Waals surface area (Å²) in [7, 11) is -1.38. The molecule has 19 heavy (non-hydrogen) atoms. The molecule has 1 atom stereocenters. The summed E-state index contributed by atoms with van der Waals surface area (Å²) in [5, 5.41) is 3.14. The monoisotopic (exact) mass is 283 g/mol. The summed E-state index contributed by atoms with van der Waals surface area (Å²) in [6, 6.07) is 5.83. The van der Waals surface area contributed by atoms with Crippen molar-refractivity contribution in [2.24, 2.45) is 0 Å². The molecule has 0 saturated heterocycles. The molecule has 1 aromatic rings. The van der Waals surface area contributed by atoms with E-state index in [-0.39, 0.29) is 6.04 Å². The lowest BCUT2D eigenvalue weighted by Crippen LogP contribution is -2.43. The molecule has 2 rings (SSSR count). The highest BCUT2D eigenvalue weighted by atomic mass is 32.2. The van der Waals surface area contributed by atoms with Crippen LogP contribution >= 0.6 is 0 Å². The van der Waals surface area contributed by atoms with Crippen LogP contribution in [-0.4, -0.2) is 26.5 Å². The van der Waals surface area contributed by atoms with Crippen molar-refractivity contribution in [3.8, 4) is 0 Å². The molecule has 0 aliphatic carbocycles. The van der Waals surface area contributed by atoms with Gasteiger partial charge < -0.3 is 10.1 Å². The molecule has 0 bridgehead atoms. The van der Waals surface area contributed by atoms with Gasteiger partial charge in [-0.1, -0.05) is 18.2 Å². The fourth-order valence-corrected chi connectivity index (χ4v) is 3.18. The van der Waals surface area contributed by atoms with Crippen molar-refractivity contribution in [2.45, 2.75) is 37.9 Å². The average molecular weight is 283 g/mol. The van der Waals surface area contributed by atoms with E-state index in [2.05, 4.69) is 11.4 Å². The summed E-state index contributed by atoms with van der Waals surface area (Å²) < 4.78 is 28.5. The van der Waals surface area contributed by atoms with Gasteiger partial charge in [0.25, 0.3) is 0 Å². The Morgan fingerprint density at radius 3 is 2.47 bits per heavy atom. The van der Waals surface area contributed by atoms with Crippen LogP contribution in [0.1, 0.15) is 36.6 Å². The Morgan fingerprint density at radius 2 is 1.89 bits per heavy atom. The van der Waals surface area contributed by atoms with Crippen molar-refractivity contribution in [1.82, 2.24) is 5.32 Å². The molecule has 5 heteroatoms. The van der Waals surface area contributed by atoms with Crippen molar-refractivity contribution in [3.63, 3.8) is 0 Å². The third-order valence-electron chi connectivity index (χ3n) is 4.02. The highest BCUT2D eigenvalue weighted by molar-refractivity contribution is 7.92. The molecule has 0 aromatic heterocycles. The normalized spacial score (nSPS) is 17.3. The van der Waals surface area contributed by atoms with Gasteiger partial charge in [0.2, 0.25) is 0 Å². The zero-order valence-corrected chi connectivity index (χ0v) is 12.7. The van der Waals surface area contributed by atoms with E-state index in [1.54, 1.807) is 20.9 Å². The van der Waals surface area contributed by atoms with Gasteiger partial charge in [0.05, 0.1) is 24.0 Å². The lowest BCUT2D eigenvalue weighted by Gasteiger charge is -2.33. The summed E-state index contributed by atoms with van der Waals surface area (Å²) in [4.78, 5) is 0. The van der Waals surface area contributed by atoms with Crippen LogP contribution in [0.5, 0.6) is 0 Å². The second kappa shape index (κ2) is 4.89. The largest absolute Gasteiger partial charge is 0.372 e. The summed E-state index contributed by atoms with van der Waals surface area (Å²) in [6.07, 6.45) is 1.29. The van der Waals surface area contributed by atoms with Gasteiger partial charge in [-0.3, -0.25) is 0 Å². The molecule has 0 amide bonds. The first-order valence-corrected chi connectivity index (χ1v) is 8.23. The Hall–Kier alpha value is -0.910. The Morgan fingerprint density at radius 1 is 1.26 bits per heavy atom. The van der Waals surface area contributed by atoms with E-state index in [1.165, 1.54) is 11.8 Å². The van der Waals surface area contributed by atoms with E-state index >= 15 is 0 Å². The maximum absolute atomic E-state index is 12.0. The summed E-state index contributed by atoms with van der Waals surface area (Å²) in [6.45, 7) is 4.77. The van der Waals surface area contributed by atoms with Crippen molar-refractivity contribution in [1.29, 1.82) is 0 Å².